The summed E-state index contributed by atoms with van der Waals surface area (Å²) in [6, 6.07) is 12.6. The summed E-state index contributed by atoms with van der Waals surface area (Å²) in [5.74, 6) is -0.746. The van der Waals surface area contributed by atoms with Gasteiger partial charge in [-0.2, -0.15) is 11.4 Å². The van der Waals surface area contributed by atoms with Gasteiger partial charge in [-0.05, 0) is 42.8 Å². The first-order chi connectivity index (χ1) is 11.9. The van der Waals surface area contributed by atoms with Gasteiger partial charge in [0.1, 0.15) is 0 Å². The van der Waals surface area contributed by atoms with E-state index in [2.05, 4.69) is 40.1 Å². The molecular weight excluding hydrogens is 334 g/mol. The van der Waals surface area contributed by atoms with Crippen molar-refractivity contribution in [3.05, 3.63) is 46.3 Å². The Morgan fingerprint density at radius 2 is 1.88 bits per heavy atom. The summed E-state index contributed by atoms with van der Waals surface area (Å²) in [6.07, 6.45) is 0.837. The van der Waals surface area contributed by atoms with Crippen LogP contribution in [0.1, 0.15) is 12.8 Å². The fourth-order valence-electron chi connectivity index (χ4n) is 2.76. The van der Waals surface area contributed by atoms with E-state index < -0.39 is 5.97 Å². The summed E-state index contributed by atoms with van der Waals surface area (Å²) >= 11 is 1.16. The Labute approximate surface area is 151 Å². The minimum atomic E-state index is -0.746. The molecule has 0 aliphatic carbocycles. The molecule has 2 aromatic carbocycles. The molecule has 0 saturated heterocycles. The standard InChI is InChI=1S/C19H23N3O2S/c1-21(2)13-6-8-15-17(11-13)25-18-12-14(7-9-16(18)20-15)22(3)10-4-5-19(23)24/h6-9,11-12,25H,4-5,10H2,1-3H3,(H,23,24). The smallest absolute Gasteiger partial charge is 0.303 e. The first-order valence-corrected chi connectivity index (χ1v) is 9.15. The monoisotopic (exact) mass is 357 g/mol. The molecule has 0 spiro atoms. The molecule has 0 aromatic heterocycles. The molecule has 0 amide bonds. The van der Waals surface area contributed by atoms with Crippen LogP contribution in [0.3, 0.4) is 0 Å². The molecule has 1 aliphatic rings. The zero-order valence-corrected chi connectivity index (χ0v) is 15.6. The van der Waals surface area contributed by atoms with Crippen molar-refractivity contribution >= 4 is 34.4 Å². The Kier molecular flexibility index (Phi) is 5.08. The van der Waals surface area contributed by atoms with E-state index in [-0.39, 0.29) is 6.42 Å². The minimum absolute atomic E-state index is 0.198. The number of nitrogens with zero attached hydrogens (tertiary/aromatic N) is 3. The van der Waals surface area contributed by atoms with E-state index in [1.165, 1.54) is 15.1 Å². The predicted molar refractivity (Wildman–Crippen MR) is 104 cm³/mol. The number of carboxylic acid groups (broad SMARTS) is 1. The van der Waals surface area contributed by atoms with Crippen LogP contribution in [0, 0.1) is 4.51 Å². The van der Waals surface area contributed by atoms with E-state index in [0.29, 0.717) is 6.42 Å². The fourth-order valence-corrected chi connectivity index (χ4v) is 3.89. The third-order valence-corrected chi connectivity index (χ3v) is 5.44. The van der Waals surface area contributed by atoms with Gasteiger partial charge in [-0.25, -0.2) is 4.99 Å². The zero-order valence-electron chi connectivity index (χ0n) is 14.7. The molecule has 0 bridgehead atoms. The van der Waals surface area contributed by atoms with Gasteiger partial charge < -0.3 is 14.9 Å². The van der Waals surface area contributed by atoms with Crippen LogP contribution >= 0.6 is 11.4 Å². The van der Waals surface area contributed by atoms with Crippen LogP contribution in [0.4, 0.5) is 17.1 Å². The lowest BCUT2D eigenvalue weighted by molar-refractivity contribution is -0.137. The molecule has 1 aliphatic heterocycles. The molecule has 132 valence electrons. The molecule has 6 heteroatoms. The van der Waals surface area contributed by atoms with Crippen LogP contribution in [-0.2, 0) is 4.79 Å². The highest BCUT2D eigenvalue weighted by Gasteiger charge is 2.08. The zero-order chi connectivity index (χ0) is 18.0. The molecule has 1 N–H and O–H groups in total. The number of carboxylic acids is 1. The summed E-state index contributed by atoms with van der Waals surface area (Å²) < 4.78 is 1.19. The minimum Gasteiger partial charge on any atom is -0.481 e. The number of fused-ring (bicyclic) bond motifs is 2. The largest absolute Gasteiger partial charge is 0.481 e. The summed E-state index contributed by atoms with van der Waals surface area (Å²) in [5, 5.41) is 9.78. The van der Waals surface area contributed by atoms with Crippen LogP contribution in [0.15, 0.2) is 46.3 Å². The van der Waals surface area contributed by atoms with Gasteiger partial charge in [0.25, 0.3) is 0 Å². The lowest BCUT2D eigenvalue weighted by Crippen LogP contribution is -2.20. The summed E-state index contributed by atoms with van der Waals surface area (Å²) in [6.45, 7) is 0.723. The fraction of sp³-hybridized carbons (Fsp3) is 0.316. The summed E-state index contributed by atoms with van der Waals surface area (Å²) in [4.78, 5) is 20.8. The Balaban J connectivity index is 1.89. The molecule has 0 saturated carbocycles. The topological polar surface area (TPSA) is 56.1 Å². The maximum Gasteiger partial charge on any atom is 0.303 e. The van der Waals surface area contributed by atoms with Gasteiger partial charge in [-0.15, -0.1) is 0 Å². The van der Waals surface area contributed by atoms with Gasteiger partial charge in [0.05, 0.1) is 11.0 Å². The highest BCUT2D eigenvalue weighted by Crippen LogP contribution is 2.32. The molecule has 2 aromatic rings. The second kappa shape index (κ2) is 7.27. The van der Waals surface area contributed by atoms with Gasteiger partial charge >= 0.3 is 5.97 Å². The maximum absolute atomic E-state index is 10.7. The van der Waals surface area contributed by atoms with Crippen molar-refractivity contribution in [1.29, 1.82) is 0 Å². The van der Waals surface area contributed by atoms with Crippen molar-refractivity contribution in [2.24, 2.45) is 4.99 Å². The predicted octanol–water partition coefficient (Wildman–Crippen LogP) is 3.09. The highest BCUT2D eigenvalue weighted by molar-refractivity contribution is 7.91. The molecule has 1 heterocycles. The van der Waals surface area contributed by atoms with Crippen LogP contribution in [0.2, 0.25) is 0 Å². The van der Waals surface area contributed by atoms with Gasteiger partial charge in [0.2, 0.25) is 0 Å². The van der Waals surface area contributed by atoms with Crippen LogP contribution in [-0.4, -0.2) is 38.8 Å². The molecule has 5 nitrogen and oxygen atoms in total. The number of thiol groups is 1. The van der Waals surface area contributed by atoms with E-state index >= 15 is 0 Å². The first-order valence-electron chi connectivity index (χ1n) is 8.26. The molecular formula is C19H23N3O2S. The SMILES string of the molecule is CN(C)c1ccc2c(c1)[SH]=c1cc(N(C)CCCC(=O)O)ccc1=N2. The molecule has 0 unspecified atom stereocenters. The van der Waals surface area contributed by atoms with E-state index in [4.69, 9.17) is 10.1 Å². The number of hydrogen-bond donors (Lipinski definition) is 2. The quantitative estimate of drug-likeness (QED) is 0.526. The van der Waals surface area contributed by atoms with E-state index in [1.807, 2.05) is 27.2 Å². The third-order valence-electron chi connectivity index (χ3n) is 4.24. The molecule has 0 fully saturated rings. The van der Waals surface area contributed by atoms with Gasteiger partial charge in [0, 0.05) is 54.9 Å². The third kappa shape index (κ3) is 4.02. The summed E-state index contributed by atoms with van der Waals surface area (Å²) in [5.41, 5.74) is 3.30. The maximum atomic E-state index is 10.7. The summed E-state index contributed by atoms with van der Waals surface area (Å²) in [7, 11) is 6.08. The van der Waals surface area contributed by atoms with E-state index in [0.717, 1.165) is 34.6 Å². The Hall–Kier alpha value is -2.34. The second-order valence-corrected chi connectivity index (χ2v) is 7.57. The van der Waals surface area contributed by atoms with E-state index in [9.17, 15) is 4.79 Å². The van der Waals surface area contributed by atoms with Crippen molar-refractivity contribution in [2.45, 2.75) is 17.7 Å². The van der Waals surface area contributed by atoms with Crippen molar-refractivity contribution < 1.29 is 9.90 Å². The number of anilines is 2. The van der Waals surface area contributed by atoms with Crippen molar-refractivity contribution in [2.75, 3.05) is 37.5 Å². The molecule has 25 heavy (non-hydrogen) atoms. The first kappa shape index (κ1) is 17.5. The number of hydrogen-bond acceptors (Lipinski definition) is 4. The Morgan fingerprint density at radius 3 is 2.60 bits per heavy atom. The number of benzene rings is 2. The number of aliphatic carboxylic acids is 1. The molecule has 0 radical (unpaired) electrons. The molecule has 3 rings (SSSR count). The van der Waals surface area contributed by atoms with Gasteiger partial charge in [0.15, 0.2) is 0 Å². The van der Waals surface area contributed by atoms with Gasteiger partial charge in [-0.3, -0.25) is 4.79 Å². The normalized spacial score (nSPS) is 12.0. The number of rotatable bonds is 6. The lowest BCUT2D eigenvalue weighted by Gasteiger charge is -2.19. The van der Waals surface area contributed by atoms with Crippen LogP contribution < -0.4 is 15.2 Å². The lowest BCUT2D eigenvalue weighted by atomic mass is 10.2. The Morgan fingerprint density at radius 1 is 1.12 bits per heavy atom. The number of carbonyl (C=O) groups is 1. The van der Waals surface area contributed by atoms with Crippen molar-refractivity contribution in [1.82, 2.24) is 0 Å². The van der Waals surface area contributed by atoms with E-state index in [1.54, 1.807) is 0 Å². The van der Waals surface area contributed by atoms with Crippen molar-refractivity contribution in [3.8, 4) is 0 Å². The highest BCUT2D eigenvalue weighted by atomic mass is 32.1. The average molecular weight is 357 g/mol. The Bertz CT molecular complexity index is 925. The van der Waals surface area contributed by atoms with Crippen LogP contribution in [0.5, 0.6) is 0 Å². The second-order valence-electron chi connectivity index (χ2n) is 6.38. The molecule has 0 atom stereocenters. The average Bonchev–Trinajstić information content (AvgIpc) is 2.58. The van der Waals surface area contributed by atoms with Crippen LogP contribution in [0.25, 0.3) is 0 Å². The van der Waals surface area contributed by atoms with Gasteiger partial charge in [-0.1, -0.05) is 0 Å². The van der Waals surface area contributed by atoms with Crippen molar-refractivity contribution in [3.63, 3.8) is 0 Å².